The van der Waals surface area contributed by atoms with E-state index in [4.69, 9.17) is 5.73 Å². The van der Waals surface area contributed by atoms with Gasteiger partial charge >= 0.3 is 6.03 Å². The van der Waals surface area contributed by atoms with Crippen molar-refractivity contribution in [3.63, 3.8) is 0 Å². The standard InChI is InChI=1S/C16H24FN3O/c17-14-7-5-8-15(13-14)20(12-6-9-18)16(21)19-10-3-1-2-4-11-19/h5,7-8,13H,1-4,6,9-12,18H2. The fourth-order valence-electron chi connectivity index (χ4n) is 2.66. The number of benzene rings is 1. The zero-order valence-electron chi connectivity index (χ0n) is 12.4. The predicted octanol–water partition coefficient (Wildman–Crippen LogP) is 2.98. The minimum Gasteiger partial charge on any atom is -0.330 e. The second-order valence-electron chi connectivity index (χ2n) is 5.46. The Labute approximate surface area is 125 Å². The second-order valence-corrected chi connectivity index (χ2v) is 5.46. The van der Waals surface area contributed by atoms with Crippen molar-refractivity contribution in [3.05, 3.63) is 30.1 Å². The number of nitrogens with zero attached hydrogens (tertiary/aromatic N) is 2. The summed E-state index contributed by atoms with van der Waals surface area (Å²) in [4.78, 5) is 16.3. The van der Waals surface area contributed by atoms with Gasteiger partial charge < -0.3 is 10.6 Å². The van der Waals surface area contributed by atoms with E-state index in [9.17, 15) is 9.18 Å². The quantitative estimate of drug-likeness (QED) is 0.928. The lowest BCUT2D eigenvalue weighted by Gasteiger charge is -2.30. The van der Waals surface area contributed by atoms with Crippen molar-refractivity contribution >= 4 is 11.7 Å². The van der Waals surface area contributed by atoms with Crippen LogP contribution in [0.2, 0.25) is 0 Å². The summed E-state index contributed by atoms with van der Waals surface area (Å²) in [5, 5.41) is 0. The van der Waals surface area contributed by atoms with Crippen LogP contribution in [0.4, 0.5) is 14.9 Å². The van der Waals surface area contributed by atoms with E-state index in [0.717, 1.165) is 25.9 Å². The van der Waals surface area contributed by atoms with E-state index < -0.39 is 0 Å². The Morgan fingerprint density at radius 1 is 1.24 bits per heavy atom. The minimum atomic E-state index is -0.325. The SMILES string of the molecule is NCCCN(C(=O)N1CCCCCC1)c1cccc(F)c1. The predicted molar refractivity (Wildman–Crippen MR) is 82.9 cm³/mol. The summed E-state index contributed by atoms with van der Waals surface area (Å²) in [5.74, 6) is -0.325. The van der Waals surface area contributed by atoms with E-state index in [1.807, 2.05) is 4.90 Å². The van der Waals surface area contributed by atoms with Crippen LogP contribution in [0.25, 0.3) is 0 Å². The number of nitrogens with two attached hydrogens (primary N) is 1. The molecule has 0 saturated carbocycles. The van der Waals surface area contributed by atoms with Crippen LogP contribution in [-0.2, 0) is 0 Å². The van der Waals surface area contributed by atoms with Gasteiger partial charge in [-0.2, -0.15) is 0 Å². The number of likely N-dealkylation sites (tertiary alicyclic amines) is 1. The van der Waals surface area contributed by atoms with E-state index in [0.29, 0.717) is 25.2 Å². The van der Waals surface area contributed by atoms with Gasteiger partial charge in [-0.15, -0.1) is 0 Å². The number of hydrogen-bond acceptors (Lipinski definition) is 2. The highest BCUT2D eigenvalue weighted by molar-refractivity contribution is 5.92. The Bertz CT molecular complexity index is 459. The molecule has 1 saturated heterocycles. The van der Waals surface area contributed by atoms with Gasteiger partial charge in [-0.1, -0.05) is 18.9 Å². The summed E-state index contributed by atoms with van der Waals surface area (Å²) in [6.07, 6.45) is 5.13. The van der Waals surface area contributed by atoms with Crippen LogP contribution in [-0.4, -0.2) is 37.1 Å². The molecule has 21 heavy (non-hydrogen) atoms. The van der Waals surface area contributed by atoms with Crippen molar-refractivity contribution in [3.8, 4) is 0 Å². The number of urea groups is 1. The molecule has 116 valence electrons. The Hall–Kier alpha value is -1.62. The second kappa shape index (κ2) is 7.98. The minimum absolute atomic E-state index is 0.0315. The zero-order chi connectivity index (χ0) is 15.1. The van der Waals surface area contributed by atoms with Crippen LogP contribution in [0.1, 0.15) is 32.1 Å². The van der Waals surface area contributed by atoms with E-state index >= 15 is 0 Å². The van der Waals surface area contributed by atoms with Gasteiger partial charge in [-0.25, -0.2) is 9.18 Å². The maximum Gasteiger partial charge on any atom is 0.324 e. The third-order valence-corrected chi connectivity index (χ3v) is 3.81. The maximum atomic E-state index is 13.4. The molecule has 1 heterocycles. The Morgan fingerprint density at radius 2 is 1.95 bits per heavy atom. The van der Waals surface area contributed by atoms with Crippen molar-refractivity contribution in [2.24, 2.45) is 5.73 Å². The molecular weight excluding hydrogens is 269 g/mol. The molecule has 0 aliphatic carbocycles. The lowest BCUT2D eigenvalue weighted by Crippen LogP contribution is -2.44. The first-order valence-corrected chi connectivity index (χ1v) is 7.74. The number of hydrogen-bond donors (Lipinski definition) is 1. The molecule has 4 nitrogen and oxygen atoms in total. The molecule has 2 N–H and O–H groups in total. The third-order valence-electron chi connectivity index (χ3n) is 3.81. The number of amides is 2. The summed E-state index contributed by atoms with van der Waals surface area (Å²) < 4.78 is 13.4. The molecule has 1 fully saturated rings. The molecule has 0 aromatic heterocycles. The molecule has 0 atom stereocenters. The smallest absolute Gasteiger partial charge is 0.324 e. The molecule has 0 bridgehead atoms. The Morgan fingerprint density at radius 3 is 2.57 bits per heavy atom. The molecule has 1 aromatic carbocycles. The van der Waals surface area contributed by atoms with Crippen LogP contribution < -0.4 is 10.6 Å². The van der Waals surface area contributed by atoms with Crippen LogP contribution in [0.5, 0.6) is 0 Å². The highest BCUT2D eigenvalue weighted by Gasteiger charge is 2.23. The first-order valence-electron chi connectivity index (χ1n) is 7.74. The van der Waals surface area contributed by atoms with Crippen LogP contribution in [0.15, 0.2) is 24.3 Å². The average Bonchev–Trinajstić information content (AvgIpc) is 2.76. The topological polar surface area (TPSA) is 49.6 Å². The third kappa shape index (κ3) is 4.43. The lowest BCUT2D eigenvalue weighted by molar-refractivity contribution is 0.206. The lowest BCUT2D eigenvalue weighted by atomic mass is 10.2. The number of carbonyl (C=O) groups excluding carboxylic acids is 1. The van der Waals surface area contributed by atoms with Gasteiger partial charge in [-0.05, 0) is 44.0 Å². The number of carbonyl (C=O) groups is 1. The molecule has 0 spiro atoms. The van der Waals surface area contributed by atoms with Crippen molar-refractivity contribution in [2.75, 3.05) is 31.1 Å². The monoisotopic (exact) mass is 293 g/mol. The maximum absolute atomic E-state index is 13.4. The molecule has 1 aliphatic heterocycles. The first-order chi connectivity index (χ1) is 10.2. The summed E-state index contributed by atoms with van der Waals surface area (Å²) in [6.45, 7) is 2.61. The van der Waals surface area contributed by atoms with Crippen LogP contribution in [0, 0.1) is 5.82 Å². The molecule has 5 heteroatoms. The first kappa shape index (κ1) is 15.8. The zero-order valence-corrected chi connectivity index (χ0v) is 12.4. The highest BCUT2D eigenvalue weighted by Crippen LogP contribution is 2.19. The van der Waals surface area contributed by atoms with E-state index in [2.05, 4.69) is 0 Å². The van der Waals surface area contributed by atoms with Crippen molar-refractivity contribution in [2.45, 2.75) is 32.1 Å². The summed E-state index contributed by atoms with van der Waals surface area (Å²) >= 11 is 0. The van der Waals surface area contributed by atoms with E-state index in [-0.39, 0.29) is 11.8 Å². The van der Waals surface area contributed by atoms with Gasteiger partial charge in [0.15, 0.2) is 0 Å². The molecule has 2 amide bonds. The van der Waals surface area contributed by atoms with Gasteiger partial charge in [0.05, 0.1) is 0 Å². The molecule has 1 aliphatic rings. The van der Waals surface area contributed by atoms with Crippen molar-refractivity contribution < 1.29 is 9.18 Å². The largest absolute Gasteiger partial charge is 0.330 e. The molecule has 1 aromatic rings. The van der Waals surface area contributed by atoms with Gasteiger partial charge in [0, 0.05) is 25.3 Å². The molecule has 0 unspecified atom stereocenters. The molecule has 0 radical (unpaired) electrons. The number of halogens is 1. The highest BCUT2D eigenvalue weighted by atomic mass is 19.1. The average molecular weight is 293 g/mol. The van der Waals surface area contributed by atoms with Gasteiger partial charge in [-0.3, -0.25) is 4.90 Å². The van der Waals surface area contributed by atoms with Gasteiger partial charge in [0.2, 0.25) is 0 Å². The van der Waals surface area contributed by atoms with Gasteiger partial charge in [0.25, 0.3) is 0 Å². The normalized spacial score (nSPS) is 15.6. The van der Waals surface area contributed by atoms with Crippen LogP contribution in [0.3, 0.4) is 0 Å². The van der Waals surface area contributed by atoms with Crippen LogP contribution >= 0.6 is 0 Å². The summed E-state index contributed by atoms with van der Waals surface area (Å²) in [7, 11) is 0. The van der Waals surface area contributed by atoms with E-state index in [1.54, 1.807) is 17.0 Å². The Kier molecular flexibility index (Phi) is 5.99. The fourth-order valence-corrected chi connectivity index (χ4v) is 2.66. The molecular formula is C16H24FN3O. The van der Waals surface area contributed by atoms with Crippen molar-refractivity contribution in [1.82, 2.24) is 4.90 Å². The molecule has 2 rings (SSSR count). The van der Waals surface area contributed by atoms with Gasteiger partial charge in [0.1, 0.15) is 5.82 Å². The summed E-state index contributed by atoms with van der Waals surface area (Å²) in [6, 6.07) is 6.18. The van der Waals surface area contributed by atoms with E-state index in [1.165, 1.54) is 25.0 Å². The number of anilines is 1. The Balaban J connectivity index is 2.15. The van der Waals surface area contributed by atoms with Crippen molar-refractivity contribution in [1.29, 1.82) is 0 Å². The number of rotatable bonds is 4. The summed E-state index contributed by atoms with van der Waals surface area (Å²) in [5.41, 5.74) is 6.17. The fraction of sp³-hybridized carbons (Fsp3) is 0.562.